The van der Waals surface area contributed by atoms with Crippen LogP contribution in [0.25, 0.3) is 10.4 Å². The molecule has 0 atom stereocenters. The van der Waals surface area contributed by atoms with Gasteiger partial charge >= 0.3 is 49.8 Å². The van der Waals surface area contributed by atoms with Gasteiger partial charge in [-0.2, -0.15) is 0 Å². The SMILES string of the molecule is COC(=O)Cc1ccc(-c2ccccc2N)s1.COC(=O)Cc1ccc(Br)s1.COC(=O)Cc1cccs1.Nc1ccccc1B(O)O.[B]=NS.[Pd].c1ccc(P(c2ccccc2)c2ccccc2)cc1.c1ccc(P(c2ccccc2)c2ccccc2)cc1.c1ccc(P(c2ccccc2)c2ccccc2)cc1.c1ccc(P(c2ccccc2)c2ccccc2)cc1. The average molecular weight is 1990 g/mol. The van der Waals surface area contributed by atoms with E-state index < -0.39 is 38.8 Å². The van der Waals surface area contributed by atoms with Gasteiger partial charge in [-0.15, -0.1) is 34.0 Å². The van der Waals surface area contributed by atoms with Gasteiger partial charge in [0.25, 0.3) is 0 Å². The minimum absolute atomic E-state index is 0. The molecule has 23 heteroatoms. The maximum absolute atomic E-state index is 11.2. The minimum Gasteiger partial charge on any atom is -0.0622 e. The monoisotopic (exact) mass is 1990 g/mol. The summed E-state index contributed by atoms with van der Waals surface area (Å²) in [6.07, 6.45) is 1.08. The number of thiol groups is 1. The van der Waals surface area contributed by atoms with Crippen molar-refractivity contribution in [2.75, 3.05) is 32.8 Å². The van der Waals surface area contributed by atoms with E-state index in [2.05, 4.69) is 419 Å². The van der Waals surface area contributed by atoms with Crippen molar-refractivity contribution in [3.8, 4) is 10.4 Å². The van der Waals surface area contributed by atoms with Crippen LogP contribution in [0.3, 0.4) is 0 Å². The molecule has 0 saturated heterocycles. The topological polar surface area (TPSA) is 184 Å². The Bertz CT molecular complexity index is 5060. The van der Waals surface area contributed by atoms with E-state index >= 15 is 0 Å². The Hall–Kier alpha value is -10.7. The summed E-state index contributed by atoms with van der Waals surface area (Å²) in [7, 11) is 5.27. The summed E-state index contributed by atoms with van der Waals surface area (Å²) in [5, 5.41) is 36.1. The molecule has 1 radical (unpaired) electrons. The number of nitrogen functional groups attached to an aromatic ring is 2. The van der Waals surface area contributed by atoms with Gasteiger partial charge in [-0.05, 0) is 159 Å². The number of carbonyl (C=O) groups excluding carboxylic acids is 3. The number of carbonyl (C=O) groups is 3. The second-order valence-corrected chi connectivity index (χ2v) is 40.7. The maximum atomic E-state index is 11.2. The van der Waals surface area contributed by atoms with Crippen LogP contribution >= 0.6 is 94.4 Å². The number of anilines is 2. The van der Waals surface area contributed by atoms with Gasteiger partial charge in [0.2, 0.25) is 0 Å². The summed E-state index contributed by atoms with van der Waals surface area (Å²) >= 11 is 11.2. The Morgan fingerprint density at radius 3 is 0.766 bits per heavy atom. The number of thiophene rings is 3. The largest absolute Gasteiger partial charge is 0.0622 e. The number of methoxy groups -OCH3 is 3. The standard InChI is InChI=1S/4C18H15P.C13H13NO2S.C7H7BrO2S.C7H8O2S.C6H8BNO2.BHNS.Pd/c4*1-4-10-16(11-5-1)19(17-12-6-2-7-13-17)18-14-8-3-9-15-18;1-16-13(15)8-9-6-7-12(17-9)10-4-2-3-5-11(10)14;1-10-7(9)4-5-2-3-6(8)11-5;1-9-7(8)5-6-3-2-4-10-6;8-6-4-2-1-3-5(6)7(9)10;1-2-3;/h4*1-15H;2-7H,8,14H2,1H3;2-3H,4H2,1H3;2-4H,5H2,1H3;1-4,9-10H,8H2;3H;. The van der Waals surface area contributed by atoms with Crippen molar-refractivity contribution >= 4 is 208 Å². The normalized spacial score (nSPS) is 10.0. The molecule has 17 aromatic rings. The molecule has 128 heavy (non-hydrogen) atoms. The zero-order valence-corrected chi connectivity index (χ0v) is 80.7. The van der Waals surface area contributed by atoms with Crippen molar-refractivity contribution in [2.45, 2.75) is 19.3 Å². The van der Waals surface area contributed by atoms with E-state index in [1.807, 2.05) is 66.0 Å². The molecule has 3 heterocycles. The van der Waals surface area contributed by atoms with Crippen LogP contribution in [-0.4, -0.2) is 64.0 Å². The molecule has 11 nitrogen and oxygen atoms in total. The number of benzene rings is 14. The Morgan fingerprint density at radius 2 is 0.555 bits per heavy atom. The quantitative estimate of drug-likeness (QED) is 0.0123. The molecule has 0 aliphatic heterocycles. The van der Waals surface area contributed by atoms with Crippen LogP contribution in [0, 0.1) is 0 Å². The van der Waals surface area contributed by atoms with Gasteiger partial charge in [-0.25, -0.2) is 0 Å². The first kappa shape index (κ1) is 103. The third-order valence-corrected chi connectivity index (χ3v) is 31.6. The molecule has 3 aromatic heterocycles. The van der Waals surface area contributed by atoms with Crippen molar-refractivity contribution in [2.24, 2.45) is 4.30 Å². The summed E-state index contributed by atoms with van der Waals surface area (Å²) in [5.74, 6) is -0.596. The van der Waals surface area contributed by atoms with Crippen molar-refractivity contribution in [1.29, 1.82) is 0 Å². The summed E-state index contributed by atoms with van der Waals surface area (Å²) in [6, 6.07) is 155. The third kappa shape index (κ3) is 35.4. The van der Waals surface area contributed by atoms with Gasteiger partial charge in [-0.1, -0.05) is 406 Å². The van der Waals surface area contributed by atoms with Crippen molar-refractivity contribution < 1.29 is 59.1 Å². The molecule has 0 unspecified atom stereocenters. The molecule has 14 aromatic carbocycles. The first-order valence-corrected chi connectivity index (χ1v) is 49.2. The number of nitrogens with two attached hydrogens (primary N) is 2. The number of hydrogen-bond donors (Lipinski definition) is 5. The van der Waals surface area contributed by atoms with Crippen molar-refractivity contribution in [3.63, 3.8) is 0 Å². The number of para-hydroxylation sites is 2. The molecular weight excluding hydrogens is 1890 g/mol. The van der Waals surface area contributed by atoms with Gasteiger partial charge in [0.15, 0.2) is 0 Å². The van der Waals surface area contributed by atoms with Gasteiger partial charge in [0, 0.05) is 62.3 Å². The Morgan fingerprint density at radius 1 is 0.328 bits per heavy atom. The first-order chi connectivity index (χ1) is 62.2. The molecule has 17 rings (SSSR count). The van der Waals surface area contributed by atoms with Gasteiger partial charge in [-0.3, -0.25) is 14.4 Å². The molecule has 0 amide bonds. The van der Waals surface area contributed by atoms with E-state index in [4.69, 9.17) is 21.5 Å². The van der Waals surface area contributed by atoms with Crippen molar-refractivity contribution in [1.82, 2.24) is 0 Å². The summed E-state index contributed by atoms with van der Waals surface area (Å²) in [5.41, 5.74) is 13.8. The molecular formula is C105H97B2BrN3O8P4PdS4. The second-order valence-electron chi connectivity index (χ2n) is 26.9. The maximum Gasteiger partial charge on any atom is 0 e. The molecule has 0 aliphatic rings. The third-order valence-electron chi connectivity index (χ3n) is 18.2. The zero-order valence-electron chi connectivity index (χ0n) is 70.7. The average Bonchev–Trinajstić information content (AvgIpc) is 0.987. The molecule has 0 aliphatic carbocycles. The fourth-order valence-corrected chi connectivity index (χ4v) is 24.7. The Labute approximate surface area is 799 Å². The summed E-state index contributed by atoms with van der Waals surface area (Å²) in [4.78, 5) is 36.7. The number of ether oxygens (including phenoxy) is 3. The van der Waals surface area contributed by atoms with E-state index in [1.165, 1.54) is 85.0 Å². The van der Waals surface area contributed by atoms with Crippen LogP contribution in [0.4, 0.5) is 11.4 Å². The van der Waals surface area contributed by atoms with E-state index in [0.717, 1.165) is 34.5 Å². The molecule has 0 bridgehead atoms. The Kier molecular flexibility index (Phi) is 47.6. The number of esters is 3. The van der Waals surface area contributed by atoms with Crippen LogP contribution < -0.4 is 80.6 Å². The number of nitrogens with zero attached hydrogens (tertiary/aromatic N) is 1. The smallest absolute Gasteiger partial charge is 0 e. The van der Waals surface area contributed by atoms with Crippen LogP contribution in [0.2, 0.25) is 0 Å². The van der Waals surface area contributed by atoms with E-state index in [1.54, 1.807) is 58.3 Å². The molecule has 647 valence electrons. The Balaban J connectivity index is 0.000000182. The van der Waals surface area contributed by atoms with Crippen molar-refractivity contribution in [3.05, 3.63) is 473 Å². The van der Waals surface area contributed by atoms with Crippen LogP contribution in [0.15, 0.2) is 462 Å². The first-order valence-electron chi connectivity index (χ1n) is 40.1. The predicted octanol–water partition coefficient (Wildman–Crippen LogP) is 19.3. The number of rotatable bonds is 20. The van der Waals surface area contributed by atoms with Gasteiger partial charge in [0.1, 0.15) is 0 Å². The van der Waals surface area contributed by atoms with Crippen LogP contribution in [0.5, 0.6) is 0 Å². The van der Waals surface area contributed by atoms with Crippen LogP contribution in [-0.2, 0) is 68.3 Å². The number of halogens is 1. The fourth-order valence-electron chi connectivity index (χ4n) is 12.3. The zero-order chi connectivity index (χ0) is 89.8. The van der Waals surface area contributed by atoms with E-state index in [-0.39, 0.29) is 38.3 Å². The van der Waals surface area contributed by atoms with Gasteiger partial charge in [0.05, 0.1) is 44.4 Å². The summed E-state index contributed by atoms with van der Waals surface area (Å²) in [6.45, 7) is 0. The van der Waals surface area contributed by atoms with Gasteiger partial charge < -0.3 is 35.7 Å². The summed E-state index contributed by atoms with van der Waals surface area (Å²) < 4.78 is 17.4. The molecule has 0 spiro atoms. The second kappa shape index (κ2) is 59.4. The van der Waals surface area contributed by atoms with E-state index in [0.29, 0.717) is 30.4 Å². The molecule has 0 saturated carbocycles. The predicted molar refractivity (Wildman–Crippen MR) is 556 cm³/mol. The van der Waals surface area contributed by atoms with E-state index in [9.17, 15) is 14.4 Å². The number of hydrogen-bond acceptors (Lipinski definition) is 15. The molecule has 0 fully saturated rings. The molecule has 6 N–H and O–H groups in total. The minimum atomic E-state index is -1.47. The van der Waals surface area contributed by atoms with Crippen LogP contribution in [0.1, 0.15) is 14.6 Å². The fraction of sp³-hybridized carbons (Fsp3) is 0.0571.